The molecule has 0 aliphatic carbocycles. The third-order valence-electron chi connectivity index (χ3n) is 5.37. The first kappa shape index (κ1) is 21.6. The minimum absolute atomic E-state index is 0.0138. The highest BCUT2D eigenvalue weighted by molar-refractivity contribution is 8.00. The van der Waals surface area contributed by atoms with Crippen molar-refractivity contribution >= 4 is 28.6 Å². The Morgan fingerprint density at radius 2 is 1.74 bits per heavy atom. The summed E-state index contributed by atoms with van der Waals surface area (Å²) in [6.45, 7) is 7.41. The summed E-state index contributed by atoms with van der Waals surface area (Å²) in [5.74, 6) is 0.0423. The smallest absolute Gasteiger partial charge is 0.262 e. The maximum absolute atomic E-state index is 13.3. The van der Waals surface area contributed by atoms with Gasteiger partial charge in [0, 0.05) is 13.1 Å². The molecule has 1 saturated heterocycles. The lowest BCUT2D eigenvalue weighted by atomic mass is 10.2. The van der Waals surface area contributed by atoms with E-state index in [4.69, 9.17) is 9.72 Å². The molecule has 0 unspecified atom stereocenters. The lowest BCUT2D eigenvalue weighted by molar-refractivity contribution is -0.142. The van der Waals surface area contributed by atoms with Crippen molar-refractivity contribution in [3.05, 3.63) is 70.5 Å². The Morgan fingerprint density at radius 3 is 2.45 bits per heavy atom. The molecule has 2 aromatic carbocycles. The van der Waals surface area contributed by atoms with Crippen molar-refractivity contribution in [2.45, 2.75) is 49.9 Å². The van der Waals surface area contributed by atoms with Gasteiger partial charge in [0.2, 0.25) is 5.91 Å². The van der Waals surface area contributed by atoms with Crippen LogP contribution in [0.25, 0.3) is 10.9 Å². The van der Waals surface area contributed by atoms with Gasteiger partial charge in [0.05, 0.1) is 34.9 Å². The van der Waals surface area contributed by atoms with Crippen LogP contribution in [-0.2, 0) is 16.1 Å². The van der Waals surface area contributed by atoms with Crippen molar-refractivity contribution in [2.75, 3.05) is 13.1 Å². The number of aromatic nitrogens is 2. The predicted molar refractivity (Wildman–Crippen MR) is 123 cm³/mol. The first-order valence-corrected chi connectivity index (χ1v) is 11.4. The van der Waals surface area contributed by atoms with E-state index in [0.717, 1.165) is 5.56 Å². The molecule has 0 N–H and O–H groups in total. The molecule has 2 heterocycles. The SMILES string of the molecule is C[C@@H]1CN(C(=O)[C@@H](C)Sc2nc3ccccc3c(=O)n2Cc2ccccc2)C[C@H](C)O1. The van der Waals surface area contributed by atoms with Gasteiger partial charge in [-0.3, -0.25) is 14.2 Å². The van der Waals surface area contributed by atoms with Crippen molar-refractivity contribution in [1.82, 2.24) is 14.5 Å². The molecular weight excluding hydrogens is 410 g/mol. The second-order valence-electron chi connectivity index (χ2n) is 8.05. The van der Waals surface area contributed by atoms with Gasteiger partial charge in [-0.1, -0.05) is 54.2 Å². The number of benzene rings is 2. The Bertz CT molecular complexity index is 1120. The Kier molecular flexibility index (Phi) is 6.43. The molecular formula is C24H27N3O3S. The average Bonchev–Trinajstić information content (AvgIpc) is 2.76. The van der Waals surface area contributed by atoms with Crippen LogP contribution in [0.5, 0.6) is 0 Å². The fraction of sp³-hybridized carbons (Fsp3) is 0.375. The maximum atomic E-state index is 13.3. The first-order valence-electron chi connectivity index (χ1n) is 10.6. The highest BCUT2D eigenvalue weighted by Crippen LogP contribution is 2.25. The minimum Gasteiger partial charge on any atom is -0.372 e. The largest absolute Gasteiger partial charge is 0.372 e. The van der Waals surface area contributed by atoms with Crippen molar-refractivity contribution in [3.8, 4) is 0 Å². The molecule has 0 radical (unpaired) electrons. The average molecular weight is 438 g/mol. The molecule has 0 spiro atoms. The summed E-state index contributed by atoms with van der Waals surface area (Å²) in [5.41, 5.74) is 1.57. The minimum atomic E-state index is -0.368. The van der Waals surface area contributed by atoms with E-state index >= 15 is 0 Å². The summed E-state index contributed by atoms with van der Waals surface area (Å²) >= 11 is 1.34. The van der Waals surface area contributed by atoms with Crippen molar-refractivity contribution in [3.63, 3.8) is 0 Å². The highest BCUT2D eigenvalue weighted by Gasteiger charge is 2.30. The van der Waals surface area contributed by atoms with Crippen LogP contribution in [-0.4, -0.2) is 50.9 Å². The van der Waals surface area contributed by atoms with E-state index in [0.29, 0.717) is 35.7 Å². The first-order chi connectivity index (χ1) is 14.9. The molecule has 7 heteroatoms. The van der Waals surface area contributed by atoms with E-state index < -0.39 is 0 Å². The molecule has 0 saturated carbocycles. The van der Waals surface area contributed by atoms with Crippen LogP contribution in [0, 0.1) is 0 Å². The van der Waals surface area contributed by atoms with Crippen LogP contribution in [0.2, 0.25) is 0 Å². The lowest BCUT2D eigenvalue weighted by Crippen LogP contribution is -2.50. The number of carbonyl (C=O) groups is 1. The summed E-state index contributed by atoms with van der Waals surface area (Å²) < 4.78 is 7.43. The standard InChI is InChI=1S/C24H27N3O3S/c1-16-13-26(14-17(2)30-16)22(28)18(3)31-24-25-21-12-8-7-11-20(21)23(29)27(24)15-19-9-5-4-6-10-19/h4-12,16-18H,13-15H2,1-3H3/t16-,17+,18-/m1/s1. The van der Waals surface area contributed by atoms with Gasteiger partial charge in [0.25, 0.3) is 5.56 Å². The van der Waals surface area contributed by atoms with Gasteiger partial charge in [-0.25, -0.2) is 4.98 Å². The molecule has 1 aromatic heterocycles. The zero-order chi connectivity index (χ0) is 22.0. The number of amides is 1. The summed E-state index contributed by atoms with van der Waals surface area (Å²) in [6.07, 6.45) is 0.0277. The van der Waals surface area contributed by atoms with Gasteiger partial charge < -0.3 is 9.64 Å². The monoisotopic (exact) mass is 437 g/mol. The number of morpholine rings is 1. The molecule has 1 fully saturated rings. The van der Waals surface area contributed by atoms with E-state index in [-0.39, 0.29) is 28.9 Å². The van der Waals surface area contributed by atoms with Gasteiger partial charge in [-0.2, -0.15) is 0 Å². The number of para-hydroxylation sites is 1. The fourth-order valence-electron chi connectivity index (χ4n) is 3.97. The molecule has 1 aliphatic rings. The third kappa shape index (κ3) is 4.83. The molecule has 4 rings (SSSR count). The second kappa shape index (κ2) is 9.24. The summed E-state index contributed by atoms with van der Waals surface area (Å²) in [6, 6.07) is 17.2. The van der Waals surface area contributed by atoms with Crippen LogP contribution in [0.4, 0.5) is 0 Å². The summed E-state index contributed by atoms with van der Waals surface area (Å²) in [7, 11) is 0. The Morgan fingerprint density at radius 1 is 1.10 bits per heavy atom. The van der Waals surface area contributed by atoms with Gasteiger partial charge in [0.15, 0.2) is 5.16 Å². The van der Waals surface area contributed by atoms with Crippen molar-refractivity contribution in [2.24, 2.45) is 0 Å². The molecule has 1 aliphatic heterocycles. The number of hydrogen-bond donors (Lipinski definition) is 0. The summed E-state index contributed by atoms with van der Waals surface area (Å²) in [5, 5.41) is 0.771. The van der Waals surface area contributed by atoms with E-state index in [2.05, 4.69) is 0 Å². The van der Waals surface area contributed by atoms with Crippen LogP contribution in [0.3, 0.4) is 0 Å². The van der Waals surface area contributed by atoms with Crippen LogP contribution >= 0.6 is 11.8 Å². The van der Waals surface area contributed by atoms with E-state index in [1.54, 1.807) is 10.6 Å². The van der Waals surface area contributed by atoms with Crippen LogP contribution in [0.1, 0.15) is 26.3 Å². The van der Waals surface area contributed by atoms with Gasteiger partial charge >= 0.3 is 0 Å². The van der Waals surface area contributed by atoms with E-state index in [1.165, 1.54) is 11.8 Å². The molecule has 3 aromatic rings. The van der Waals surface area contributed by atoms with Crippen molar-refractivity contribution in [1.29, 1.82) is 0 Å². The Hall–Kier alpha value is -2.64. The van der Waals surface area contributed by atoms with E-state index in [9.17, 15) is 9.59 Å². The maximum Gasteiger partial charge on any atom is 0.262 e. The highest BCUT2D eigenvalue weighted by atomic mass is 32.2. The fourth-order valence-corrected chi connectivity index (χ4v) is 4.96. The quantitative estimate of drug-likeness (QED) is 0.451. The summed E-state index contributed by atoms with van der Waals surface area (Å²) in [4.78, 5) is 33.1. The van der Waals surface area contributed by atoms with Gasteiger partial charge in [-0.15, -0.1) is 0 Å². The van der Waals surface area contributed by atoms with E-state index in [1.807, 2.05) is 74.2 Å². The molecule has 1 amide bonds. The zero-order valence-electron chi connectivity index (χ0n) is 18.0. The molecule has 162 valence electrons. The number of nitrogens with zero attached hydrogens (tertiary/aromatic N) is 3. The predicted octanol–water partition coefficient (Wildman–Crippen LogP) is 3.56. The number of thioether (sulfide) groups is 1. The Labute approximate surface area is 186 Å². The molecule has 31 heavy (non-hydrogen) atoms. The molecule has 3 atom stereocenters. The topological polar surface area (TPSA) is 64.4 Å². The van der Waals surface area contributed by atoms with Crippen molar-refractivity contribution < 1.29 is 9.53 Å². The Balaban J connectivity index is 1.66. The van der Waals surface area contributed by atoms with Gasteiger partial charge in [0.1, 0.15) is 0 Å². The van der Waals surface area contributed by atoms with Crippen LogP contribution < -0.4 is 5.56 Å². The van der Waals surface area contributed by atoms with Gasteiger partial charge in [-0.05, 0) is 38.5 Å². The normalized spacial score (nSPS) is 20.0. The number of fused-ring (bicyclic) bond motifs is 1. The number of carbonyl (C=O) groups excluding carboxylic acids is 1. The second-order valence-corrected chi connectivity index (χ2v) is 9.36. The van der Waals surface area contributed by atoms with Crippen LogP contribution in [0.15, 0.2) is 64.5 Å². The third-order valence-corrected chi connectivity index (χ3v) is 6.45. The zero-order valence-corrected chi connectivity index (χ0v) is 18.8. The number of rotatable bonds is 5. The lowest BCUT2D eigenvalue weighted by Gasteiger charge is -2.36. The number of hydrogen-bond acceptors (Lipinski definition) is 5. The molecule has 0 bridgehead atoms. The number of ether oxygens (including phenoxy) is 1. The molecule has 6 nitrogen and oxygen atoms in total.